The fraction of sp³-hybridized carbons (Fsp3) is 0.316. The number of aryl methyl sites for hydroxylation is 1. The topological polar surface area (TPSA) is 41.1 Å². The Hall–Kier alpha value is -2.13. The molecular formula is C19H22N2O. The largest absolute Gasteiger partial charge is 0.385 e. The van der Waals surface area contributed by atoms with Crippen molar-refractivity contribution in [2.45, 2.75) is 32.4 Å². The van der Waals surface area contributed by atoms with E-state index < -0.39 is 0 Å². The molecule has 1 aliphatic heterocycles. The highest BCUT2D eigenvalue weighted by atomic mass is 16.1. The Morgan fingerprint density at radius 2 is 2.05 bits per heavy atom. The molecule has 3 heteroatoms. The zero-order valence-electron chi connectivity index (χ0n) is 12.9. The lowest BCUT2D eigenvalue weighted by atomic mass is 9.97. The van der Waals surface area contributed by atoms with E-state index in [1.807, 2.05) is 43.3 Å². The van der Waals surface area contributed by atoms with Gasteiger partial charge in [0, 0.05) is 24.3 Å². The van der Waals surface area contributed by atoms with Crippen molar-refractivity contribution in [2.24, 2.45) is 0 Å². The second kappa shape index (κ2) is 6.75. The van der Waals surface area contributed by atoms with Crippen molar-refractivity contribution in [2.75, 3.05) is 11.9 Å². The van der Waals surface area contributed by atoms with Crippen LogP contribution in [0.15, 0.2) is 48.5 Å². The fourth-order valence-electron chi connectivity index (χ4n) is 2.84. The number of carbonyl (C=O) groups excluding carboxylic acids is 1. The SMILES string of the molecule is CC(NCc1ccccc1)C(=O)c1ccc2c(c1)CCCN2. The van der Waals surface area contributed by atoms with Crippen molar-refractivity contribution in [1.82, 2.24) is 5.32 Å². The molecule has 1 unspecified atom stereocenters. The number of Topliss-reactive ketones (excluding diaryl/α,β-unsaturated/α-hetero) is 1. The molecule has 0 amide bonds. The van der Waals surface area contributed by atoms with E-state index in [1.54, 1.807) is 0 Å². The van der Waals surface area contributed by atoms with Crippen molar-refractivity contribution in [1.29, 1.82) is 0 Å². The van der Waals surface area contributed by atoms with Gasteiger partial charge in [-0.3, -0.25) is 4.79 Å². The lowest BCUT2D eigenvalue weighted by molar-refractivity contribution is 0.0950. The molecule has 0 aliphatic carbocycles. The van der Waals surface area contributed by atoms with Crippen LogP contribution in [0, 0.1) is 0 Å². The predicted molar refractivity (Wildman–Crippen MR) is 90.3 cm³/mol. The van der Waals surface area contributed by atoms with Gasteiger partial charge in [0.25, 0.3) is 0 Å². The van der Waals surface area contributed by atoms with Crippen molar-refractivity contribution in [3.8, 4) is 0 Å². The van der Waals surface area contributed by atoms with Gasteiger partial charge < -0.3 is 10.6 Å². The molecule has 2 N–H and O–H groups in total. The van der Waals surface area contributed by atoms with Crippen LogP contribution >= 0.6 is 0 Å². The van der Waals surface area contributed by atoms with Crippen LogP contribution in [0.2, 0.25) is 0 Å². The second-order valence-corrected chi connectivity index (χ2v) is 5.85. The Kier molecular flexibility index (Phi) is 4.54. The summed E-state index contributed by atoms with van der Waals surface area (Å²) in [5.74, 6) is 0.157. The minimum atomic E-state index is -0.185. The number of anilines is 1. The van der Waals surface area contributed by atoms with E-state index in [9.17, 15) is 4.79 Å². The van der Waals surface area contributed by atoms with E-state index in [0.717, 1.165) is 24.9 Å². The minimum Gasteiger partial charge on any atom is -0.385 e. The highest BCUT2D eigenvalue weighted by Crippen LogP contribution is 2.23. The number of rotatable bonds is 5. The van der Waals surface area contributed by atoms with Crippen LogP contribution in [0.4, 0.5) is 5.69 Å². The van der Waals surface area contributed by atoms with E-state index >= 15 is 0 Å². The first-order chi connectivity index (χ1) is 10.7. The first-order valence-electron chi connectivity index (χ1n) is 7.92. The molecule has 1 aliphatic rings. The quantitative estimate of drug-likeness (QED) is 0.830. The molecule has 3 nitrogen and oxygen atoms in total. The molecular weight excluding hydrogens is 272 g/mol. The van der Waals surface area contributed by atoms with Gasteiger partial charge in [0.1, 0.15) is 0 Å². The third kappa shape index (κ3) is 3.37. The van der Waals surface area contributed by atoms with Crippen molar-refractivity contribution >= 4 is 11.5 Å². The van der Waals surface area contributed by atoms with Gasteiger partial charge in [-0.2, -0.15) is 0 Å². The summed E-state index contributed by atoms with van der Waals surface area (Å²) in [4.78, 5) is 12.6. The monoisotopic (exact) mass is 294 g/mol. The van der Waals surface area contributed by atoms with Gasteiger partial charge in [0.05, 0.1) is 6.04 Å². The lowest BCUT2D eigenvalue weighted by Crippen LogP contribution is -2.33. The Morgan fingerprint density at radius 1 is 1.23 bits per heavy atom. The van der Waals surface area contributed by atoms with Crippen LogP contribution in [0.5, 0.6) is 0 Å². The Balaban J connectivity index is 1.65. The van der Waals surface area contributed by atoms with Crippen molar-refractivity contribution in [3.63, 3.8) is 0 Å². The summed E-state index contributed by atoms with van der Waals surface area (Å²) in [5, 5.41) is 6.69. The summed E-state index contributed by atoms with van der Waals surface area (Å²) in [6.45, 7) is 3.67. The Labute approximate surface area is 131 Å². The normalized spacial score (nSPS) is 14.8. The summed E-state index contributed by atoms with van der Waals surface area (Å²) in [6.07, 6.45) is 2.18. The molecule has 2 aromatic carbocycles. The maximum Gasteiger partial charge on any atom is 0.179 e. The minimum absolute atomic E-state index is 0.157. The molecule has 2 aromatic rings. The van der Waals surface area contributed by atoms with E-state index in [2.05, 4.69) is 22.8 Å². The predicted octanol–water partition coefficient (Wildman–Crippen LogP) is 3.41. The highest BCUT2D eigenvalue weighted by Gasteiger charge is 2.17. The zero-order valence-corrected chi connectivity index (χ0v) is 12.9. The highest BCUT2D eigenvalue weighted by molar-refractivity contribution is 6.00. The first kappa shape index (κ1) is 14.8. The standard InChI is InChI=1S/C19H22N2O/c1-14(21-13-15-6-3-2-4-7-15)19(22)17-9-10-18-16(12-17)8-5-11-20-18/h2-4,6-7,9-10,12,14,20-21H,5,8,11,13H2,1H3. The number of ketones is 1. The number of hydrogen-bond acceptors (Lipinski definition) is 3. The van der Waals surface area contributed by atoms with Crippen LogP contribution < -0.4 is 10.6 Å². The molecule has 0 spiro atoms. The smallest absolute Gasteiger partial charge is 0.179 e. The van der Waals surface area contributed by atoms with Crippen molar-refractivity contribution in [3.05, 3.63) is 65.2 Å². The molecule has 0 aromatic heterocycles. The molecule has 0 fully saturated rings. The van der Waals surface area contributed by atoms with Crippen LogP contribution in [0.25, 0.3) is 0 Å². The summed E-state index contributed by atoms with van der Waals surface area (Å²) < 4.78 is 0. The van der Waals surface area contributed by atoms with Crippen molar-refractivity contribution < 1.29 is 4.79 Å². The van der Waals surface area contributed by atoms with Gasteiger partial charge in [-0.05, 0) is 49.1 Å². The maximum absolute atomic E-state index is 12.6. The molecule has 0 saturated heterocycles. The maximum atomic E-state index is 12.6. The summed E-state index contributed by atoms with van der Waals surface area (Å²) in [7, 11) is 0. The average Bonchev–Trinajstić information content (AvgIpc) is 2.59. The van der Waals surface area contributed by atoms with Crippen LogP contribution in [0.1, 0.15) is 34.8 Å². The number of nitrogens with one attached hydrogen (secondary N) is 2. The van der Waals surface area contributed by atoms with Gasteiger partial charge in [-0.1, -0.05) is 30.3 Å². The van der Waals surface area contributed by atoms with Gasteiger partial charge in [0.2, 0.25) is 0 Å². The van der Waals surface area contributed by atoms with E-state index in [-0.39, 0.29) is 11.8 Å². The molecule has 0 bridgehead atoms. The number of carbonyl (C=O) groups is 1. The van der Waals surface area contributed by atoms with Gasteiger partial charge >= 0.3 is 0 Å². The van der Waals surface area contributed by atoms with E-state index in [0.29, 0.717) is 6.54 Å². The molecule has 22 heavy (non-hydrogen) atoms. The third-order valence-electron chi connectivity index (χ3n) is 4.18. The summed E-state index contributed by atoms with van der Waals surface area (Å²) in [5.41, 5.74) is 4.42. The van der Waals surface area contributed by atoms with Gasteiger partial charge in [-0.25, -0.2) is 0 Å². The van der Waals surface area contributed by atoms with Crippen LogP contribution in [0.3, 0.4) is 0 Å². The second-order valence-electron chi connectivity index (χ2n) is 5.85. The van der Waals surface area contributed by atoms with E-state index in [4.69, 9.17) is 0 Å². The van der Waals surface area contributed by atoms with Gasteiger partial charge in [0.15, 0.2) is 5.78 Å². The third-order valence-corrected chi connectivity index (χ3v) is 4.18. The molecule has 1 atom stereocenters. The lowest BCUT2D eigenvalue weighted by Gasteiger charge is -2.19. The van der Waals surface area contributed by atoms with E-state index in [1.165, 1.54) is 16.8 Å². The Bertz CT molecular complexity index is 652. The number of fused-ring (bicyclic) bond motifs is 1. The number of hydrogen-bond donors (Lipinski definition) is 2. The summed E-state index contributed by atoms with van der Waals surface area (Å²) >= 11 is 0. The van der Waals surface area contributed by atoms with Gasteiger partial charge in [-0.15, -0.1) is 0 Å². The molecule has 1 heterocycles. The molecule has 0 radical (unpaired) electrons. The van der Waals surface area contributed by atoms with Crippen LogP contribution in [-0.4, -0.2) is 18.4 Å². The zero-order chi connectivity index (χ0) is 15.4. The number of benzene rings is 2. The average molecular weight is 294 g/mol. The fourth-order valence-corrected chi connectivity index (χ4v) is 2.84. The molecule has 3 rings (SSSR count). The first-order valence-corrected chi connectivity index (χ1v) is 7.92. The molecule has 0 saturated carbocycles. The molecule has 114 valence electrons. The Morgan fingerprint density at radius 3 is 2.86 bits per heavy atom. The van der Waals surface area contributed by atoms with Crippen LogP contribution in [-0.2, 0) is 13.0 Å². The summed E-state index contributed by atoms with van der Waals surface area (Å²) in [6, 6.07) is 16.0.